The molecule has 3 aliphatic heterocycles. The highest BCUT2D eigenvalue weighted by molar-refractivity contribution is 8.15. The summed E-state index contributed by atoms with van der Waals surface area (Å²) in [5, 5.41) is -0.204. The van der Waals surface area contributed by atoms with E-state index in [1.165, 1.54) is 11.8 Å². The molecule has 3 heterocycles. The number of carbonyl (C=O) groups is 3. The highest BCUT2D eigenvalue weighted by atomic mass is 32.2. The number of carbonyl (C=O) groups excluding carboxylic acids is 3. The molecule has 178 valence electrons. The molecule has 0 bridgehead atoms. The Morgan fingerprint density at radius 1 is 1.11 bits per heavy atom. The molecule has 0 radical (unpaired) electrons. The van der Waals surface area contributed by atoms with Crippen molar-refractivity contribution < 1.29 is 19.1 Å². The van der Waals surface area contributed by atoms with E-state index in [4.69, 9.17) is 4.74 Å². The number of hydrogen-bond donors (Lipinski definition) is 0. The van der Waals surface area contributed by atoms with Crippen LogP contribution in [0.25, 0.3) is 0 Å². The van der Waals surface area contributed by atoms with Crippen LogP contribution in [0.15, 0.2) is 83.5 Å². The van der Waals surface area contributed by atoms with E-state index in [0.29, 0.717) is 23.0 Å². The number of nitrogens with zero attached hydrogens (tertiary/aromatic N) is 3. The molecular formula is C27H25N3O4S. The Morgan fingerprint density at radius 3 is 2.54 bits per heavy atom. The van der Waals surface area contributed by atoms with Crippen molar-refractivity contribution in [3.63, 3.8) is 0 Å². The number of para-hydroxylation sites is 1. The monoisotopic (exact) mass is 487 g/mol. The molecule has 3 atom stereocenters. The molecule has 8 heteroatoms. The van der Waals surface area contributed by atoms with Crippen molar-refractivity contribution in [1.29, 1.82) is 0 Å². The largest absolute Gasteiger partial charge is 0.463 e. The smallest absolute Gasteiger partial charge is 0.338 e. The Kier molecular flexibility index (Phi) is 6.06. The third-order valence-corrected chi connectivity index (χ3v) is 7.65. The lowest BCUT2D eigenvalue weighted by Crippen LogP contribution is -2.42. The molecule has 0 aromatic heterocycles. The van der Waals surface area contributed by atoms with E-state index in [-0.39, 0.29) is 18.4 Å². The summed E-state index contributed by atoms with van der Waals surface area (Å²) in [6.07, 6.45) is 1.68. The first-order chi connectivity index (χ1) is 17.0. The number of amidine groups is 1. The highest BCUT2D eigenvalue weighted by Gasteiger charge is 2.54. The molecule has 0 spiro atoms. The molecule has 2 aromatic carbocycles. The molecule has 7 nitrogen and oxygen atoms in total. The summed E-state index contributed by atoms with van der Waals surface area (Å²) >= 11 is 1.28. The topological polar surface area (TPSA) is 79.3 Å². The van der Waals surface area contributed by atoms with E-state index in [9.17, 15) is 14.4 Å². The van der Waals surface area contributed by atoms with Gasteiger partial charge in [-0.15, -0.1) is 6.58 Å². The predicted molar refractivity (Wildman–Crippen MR) is 136 cm³/mol. The van der Waals surface area contributed by atoms with Gasteiger partial charge in [0.25, 0.3) is 0 Å². The zero-order chi connectivity index (χ0) is 24.7. The van der Waals surface area contributed by atoms with Crippen LogP contribution in [0.5, 0.6) is 0 Å². The lowest BCUT2D eigenvalue weighted by Gasteiger charge is -2.33. The van der Waals surface area contributed by atoms with Crippen molar-refractivity contribution >= 4 is 40.4 Å². The maximum Gasteiger partial charge on any atom is 0.338 e. The summed E-state index contributed by atoms with van der Waals surface area (Å²) in [4.78, 5) is 48.4. The Balaban J connectivity index is 1.58. The van der Waals surface area contributed by atoms with Crippen LogP contribution in [0.4, 0.5) is 5.69 Å². The van der Waals surface area contributed by atoms with E-state index < -0.39 is 23.2 Å². The van der Waals surface area contributed by atoms with Gasteiger partial charge in [-0.1, -0.05) is 66.4 Å². The van der Waals surface area contributed by atoms with Crippen LogP contribution >= 0.6 is 11.8 Å². The molecule has 1 fully saturated rings. The van der Waals surface area contributed by atoms with Crippen LogP contribution in [0, 0.1) is 0 Å². The molecule has 3 aliphatic rings. The maximum atomic E-state index is 14.0. The van der Waals surface area contributed by atoms with E-state index in [0.717, 1.165) is 16.8 Å². The quantitative estimate of drug-likeness (QED) is 0.451. The molecule has 0 aliphatic carbocycles. The second-order valence-corrected chi connectivity index (χ2v) is 9.56. The lowest BCUT2D eigenvalue weighted by atomic mass is 9.92. The Labute approximate surface area is 208 Å². The first-order valence-corrected chi connectivity index (χ1v) is 12.4. The molecule has 0 N–H and O–H groups in total. The summed E-state index contributed by atoms with van der Waals surface area (Å²) < 4.78 is 5.34. The minimum absolute atomic E-state index is 0.135. The first-order valence-electron chi connectivity index (χ1n) is 11.5. The van der Waals surface area contributed by atoms with Gasteiger partial charge in [0.1, 0.15) is 5.25 Å². The normalized spacial score (nSPS) is 23.3. The number of fused-ring (bicyclic) bond motifs is 2. The Hall–Kier alpha value is -3.65. The molecule has 0 saturated carbocycles. The number of hydrogen-bond acceptors (Lipinski definition) is 6. The van der Waals surface area contributed by atoms with Crippen molar-refractivity contribution in [3.05, 3.63) is 89.6 Å². The zero-order valence-corrected chi connectivity index (χ0v) is 20.3. The summed E-state index contributed by atoms with van der Waals surface area (Å²) in [5.41, 5.74) is 3.24. The van der Waals surface area contributed by atoms with E-state index in [2.05, 4.69) is 11.6 Å². The SMILES string of the molecule is C=CCN1C(=O)C(C2SC3=NC(C)=C(C(=O)OCC)C(c4ccccc4)N3C2=O)c2ccccc21. The lowest BCUT2D eigenvalue weighted by molar-refractivity contribution is -0.139. The number of amides is 2. The van der Waals surface area contributed by atoms with Crippen molar-refractivity contribution in [3.8, 4) is 0 Å². The van der Waals surface area contributed by atoms with Gasteiger partial charge in [0.2, 0.25) is 11.8 Å². The van der Waals surface area contributed by atoms with Crippen LogP contribution in [0.1, 0.15) is 36.9 Å². The molecule has 5 rings (SSSR count). The number of benzene rings is 2. The van der Waals surface area contributed by atoms with Crippen LogP contribution in [0.2, 0.25) is 0 Å². The number of esters is 1. The number of allylic oxidation sites excluding steroid dienone is 1. The fourth-order valence-corrected chi connectivity index (χ4v) is 6.30. The number of thioether (sulfide) groups is 1. The van der Waals surface area contributed by atoms with Gasteiger partial charge in [-0.25, -0.2) is 9.79 Å². The third-order valence-electron chi connectivity index (χ3n) is 6.42. The van der Waals surface area contributed by atoms with Crippen molar-refractivity contribution in [2.24, 2.45) is 4.99 Å². The number of ether oxygens (including phenoxy) is 1. The predicted octanol–water partition coefficient (Wildman–Crippen LogP) is 4.19. The van der Waals surface area contributed by atoms with Crippen LogP contribution in [0.3, 0.4) is 0 Å². The van der Waals surface area contributed by atoms with E-state index in [1.54, 1.807) is 29.7 Å². The van der Waals surface area contributed by atoms with Gasteiger partial charge in [0, 0.05) is 12.2 Å². The van der Waals surface area contributed by atoms with Gasteiger partial charge in [-0.2, -0.15) is 0 Å². The van der Waals surface area contributed by atoms with Crippen LogP contribution in [-0.2, 0) is 19.1 Å². The van der Waals surface area contributed by atoms with Crippen LogP contribution in [-0.4, -0.2) is 46.3 Å². The van der Waals surface area contributed by atoms with Gasteiger partial charge < -0.3 is 9.64 Å². The van der Waals surface area contributed by atoms with Crippen molar-refractivity contribution in [2.45, 2.75) is 31.1 Å². The van der Waals surface area contributed by atoms with Crippen molar-refractivity contribution in [2.75, 3.05) is 18.1 Å². The maximum absolute atomic E-state index is 14.0. The minimum Gasteiger partial charge on any atom is -0.463 e. The minimum atomic E-state index is -0.697. The van der Waals surface area contributed by atoms with Gasteiger partial charge in [0.05, 0.1) is 29.8 Å². The van der Waals surface area contributed by atoms with Gasteiger partial charge in [0.15, 0.2) is 5.17 Å². The van der Waals surface area contributed by atoms with Gasteiger partial charge in [-0.05, 0) is 31.0 Å². The zero-order valence-electron chi connectivity index (χ0n) is 19.5. The Bertz CT molecular complexity index is 1290. The molecule has 1 saturated heterocycles. The fraction of sp³-hybridized carbons (Fsp3) is 0.259. The molecule has 2 amide bonds. The average molecular weight is 488 g/mol. The molecule has 2 aromatic rings. The molecular weight excluding hydrogens is 462 g/mol. The average Bonchev–Trinajstić information content (AvgIpc) is 3.32. The highest BCUT2D eigenvalue weighted by Crippen LogP contribution is 2.50. The van der Waals surface area contributed by atoms with Gasteiger partial charge in [-0.3, -0.25) is 14.5 Å². The summed E-state index contributed by atoms with van der Waals surface area (Å²) in [6.45, 7) is 7.86. The second kappa shape index (κ2) is 9.19. The third kappa shape index (κ3) is 3.69. The van der Waals surface area contributed by atoms with E-state index >= 15 is 0 Å². The number of anilines is 1. The summed E-state index contributed by atoms with van der Waals surface area (Å²) in [6, 6.07) is 16.3. The molecule has 35 heavy (non-hydrogen) atoms. The van der Waals surface area contributed by atoms with Gasteiger partial charge >= 0.3 is 5.97 Å². The van der Waals surface area contributed by atoms with Crippen molar-refractivity contribution in [1.82, 2.24) is 4.90 Å². The second-order valence-electron chi connectivity index (χ2n) is 8.45. The van der Waals surface area contributed by atoms with E-state index in [1.807, 2.05) is 54.6 Å². The Morgan fingerprint density at radius 2 is 1.83 bits per heavy atom. The molecule has 3 unspecified atom stereocenters. The number of aliphatic imine (C=N–C) groups is 1. The fourth-order valence-electron chi connectivity index (χ4n) is 4.96. The first kappa shape index (κ1) is 23.1. The van der Waals surface area contributed by atoms with Crippen LogP contribution < -0.4 is 4.90 Å². The standard InChI is InChI=1S/C27H25N3O4S/c1-4-15-29-19-14-10-9-13-18(19)21(24(29)31)23-25(32)30-22(17-11-7-6-8-12-17)20(26(33)34-5-2)16(3)28-27(30)35-23/h4,6-14,21-23H,1,5,15H2,2-3H3. The summed E-state index contributed by atoms with van der Waals surface area (Å²) in [5.74, 6) is -1.53. The number of rotatable bonds is 6. The summed E-state index contributed by atoms with van der Waals surface area (Å²) in [7, 11) is 0.